The normalized spacial score (nSPS) is 18.4. The Kier molecular flexibility index (Phi) is 7.63. The van der Waals surface area contributed by atoms with E-state index in [4.69, 9.17) is 4.74 Å². The Balaban J connectivity index is 1.93. The number of hydrogen-bond donors (Lipinski definition) is 1. The largest absolute Gasteiger partial charge is 0.444 e. The number of rotatable bonds is 5. The summed E-state index contributed by atoms with van der Waals surface area (Å²) in [7, 11) is 1.75. The van der Waals surface area contributed by atoms with Crippen LogP contribution in [-0.4, -0.2) is 60.1 Å². The molecule has 1 saturated heterocycles. The van der Waals surface area contributed by atoms with Gasteiger partial charge in [-0.3, -0.25) is 9.69 Å². The summed E-state index contributed by atoms with van der Waals surface area (Å²) < 4.78 is 5.42. The zero-order chi connectivity index (χ0) is 21.6. The van der Waals surface area contributed by atoms with Gasteiger partial charge in [0.05, 0.1) is 17.3 Å². The second-order valence-electron chi connectivity index (χ2n) is 8.69. The van der Waals surface area contributed by atoms with E-state index in [2.05, 4.69) is 16.3 Å². The molecule has 0 spiro atoms. The summed E-state index contributed by atoms with van der Waals surface area (Å²) in [6, 6.07) is 8.76. The third-order valence-electron chi connectivity index (χ3n) is 5.02. The third-order valence-corrected chi connectivity index (χ3v) is 5.02. The topological polar surface area (TPSA) is 85.7 Å². The van der Waals surface area contributed by atoms with E-state index in [0.717, 1.165) is 25.9 Å². The zero-order valence-corrected chi connectivity index (χ0v) is 18.1. The summed E-state index contributed by atoms with van der Waals surface area (Å²) in [6.07, 6.45) is 1.66. The number of amides is 2. The van der Waals surface area contributed by atoms with Gasteiger partial charge in [0, 0.05) is 20.1 Å². The Morgan fingerprint density at radius 2 is 2.07 bits per heavy atom. The van der Waals surface area contributed by atoms with Crippen molar-refractivity contribution in [2.45, 2.75) is 52.2 Å². The summed E-state index contributed by atoms with van der Waals surface area (Å²) in [5.74, 6) is 0.150. The number of nitrogens with one attached hydrogen (secondary N) is 1. The smallest absolute Gasteiger partial charge is 0.410 e. The van der Waals surface area contributed by atoms with Gasteiger partial charge in [-0.1, -0.05) is 12.1 Å². The van der Waals surface area contributed by atoms with Crippen molar-refractivity contribution in [1.29, 1.82) is 5.26 Å². The molecule has 2 unspecified atom stereocenters. The number of anilines is 1. The van der Waals surface area contributed by atoms with Gasteiger partial charge < -0.3 is 15.0 Å². The van der Waals surface area contributed by atoms with Crippen molar-refractivity contribution in [2.24, 2.45) is 5.92 Å². The van der Waals surface area contributed by atoms with Gasteiger partial charge in [0.15, 0.2) is 0 Å². The van der Waals surface area contributed by atoms with Gasteiger partial charge in [0.25, 0.3) is 0 Å². The molecule has 158 valence electrons. The molecule has 2 atom stereocenters. The number of carbonyl (C=O) groups excluding carboxylic acids is 2. The van der Waals surface area contributed by atoms with E-state index in [1.165, 1.54) is 0 Å². The van der Waals surface area contributed by atoms with E-state index >= 15 is 0 Å². The Morgan fingerprint density at radius 1 is 1.38 bits per heavy atom. The first-order valence-electron chi connectivity index (χ1n) is 10.1. The van der Waals surface area contributed by atoms with Crippen molar-refractivity contribution in [3.05, 3.63) is 29.8 Å². The summed E-state index contributed by atoms with van der Waals surface area (Å²) >= 11 is 0. The van der Waals surface area contributed by atoms with Crippen molar-refractivity contribution < 1.29 is 14.3 Å². The van der Waals surface area contributed by atoms with Crippen LogP contribution in [0.3, 0.4) is 0 Å². The van der Waals surface area contributed by atoms with E-state index in [-0.39, 0.29) is 24.0 Å². The quantitative estimate of drug-likeness (QED) is 0.818. The van der Waals surface area contributed by atoms with Crippen LogP contribution in [0.15, 0.2) is 24.3 Å². The van der Waals surface area contributed by atoms with Crippen molar-refractivity contribution >= 4 is 17.7 Å². The number of likely N-dealkylation sites (tertiary alicyclic amines) is 1. The molecule has 0 aliphatic carbocycles. The lowest BCUT2D eigenvalue weighted by atomic mass is 9.96. The van der Waals surface area contributed by atoms with Gasteiger partial charge >= 0.3 is 6.09 Å². The highest BCUT2D eigenvalue weighted by Crippen LogP contribution is 2.21. The summed E-state index contributed by atoms with van der Waals surface area (Å²) in [5, 5.41) is 12.1. The molecule has 0 radical (unpaired) electrons. The van der Waals surface area contributed by atoms with Crippen molar-refractivity contribution in [3.63, 3.8) is 0 Å². The molecule has 7 heteroatoms. The van der Waals surface area contributed by atoms with Crippen LogP contribution in [0.2, 0.25) is 0 Å². The van der Waals surface area contributed by atoms with E-state index in [1.807, 2.05) is 27.7 Å². The van der Waals surface area contributed by atoms with Crippen molar-refractivity contribution in [3.8, 4) is 6.07 Å². The average molecular weight is 401 g/mol. The number of nitrogens with zero attached hydrogens (tertiary/aromatic N) is 3. The lowest BCUT2D eigenvalue weighted by molar-refractivity contribution is -0.121. The molecule has 7 nitrogen and oxygen atoms in total. The van der Waals surface area contributed by atoms with Gasteiger partial charge in [-0.05, 0) is 65.1 Å². The minimum Gasteiger partial charge on any atom is -0.444 e. The number of carbonyl (C=O) groups is 2. The lowest BCUT2D eigenvalue weighted by Crippen LogP contribution is -2.49. The minimum atomic E-state index is -0.518. The molecule has 2 amide bonds. The van der Waals surface area contributed by atoms with Crippen LogP contribution in [0, 0.1) is 17.2 Å². The second kappa shape index (κ2) is 9.75. The maximum Gasteiger partial charge on any atom is 0.410 e. The fraction of sp³-hybridized carbons (Fsp3) is 0.591. The predicted octanol–water partition coefficient (Wildman–Crippen LogP) is 3.46. The average Bonchev–Trinajstić information content (AvgIpc) is 2.66. The van der Waals surface area contributed by atoms with E-state index in [1.54, 1.807) is 36.2 Å². The van der Waals surface area contributed by atoms with Gasteiger partial charge in [-0.25, -0.2) is 4.79 Å². The fourth-order valence-electron chi connectivity index (χ4n) is 3.49. The molecular formula is C22H32N4O3. The number of benzene rings is 1. The highest BCUT2D eigenvalue weighted by Gasteiger charge is 2.30. The standard InChI is InChI=1S/C22H32N4O3/c1-16(20(27)24-19-11-7-6-10-18(19)13-23)26-12-8-9-17(15-26)14-25(5)21(28)29-22(2,3)4/h6-7,10-11,16-17H,8-9,12,14-15H2,1-5H3,(H,24,27). The monoisotopic (exact) mass is 400 g/mol. The lowest BCUT2D eigenvalue weighted by Gasteiger charge is -2.37. The maximum atomic E-state index is 12.7. The fourth-order valence-corrected chi connectivity index (χ4v) is 3.49. The molecule has 1 fully saturated rings. The van der Waals surface area contributed by atoms with Crippen LogP contribution >= 0.6 is 0 Å². The maximum absolute atomic E-state index is 12.7. The first-order valence-corrected chi connectivity index (χ1v) is 10.1. The molecule has 1 aromatic rings. The SMILES string of the molecule is CC(C(=O)Nc1ccccc1C#N)N1CCCC(CN(C)C(=O)OC(C)(C)C)C1. The third kappa shape index (κ3) is 6.75. The number of piperidine rings is 1. The Bertz CT molecular complexity index is 766. The van der Waals surface area contributed by atoms with Crippen LogP contribution in [0.5, 0.6) is 0 Å². The molecule has 1 aromatic carbocycles. The Labute approximate surface area is 173 Å². The van der Waals surface area contributed by atoms with Gasteiger partial charge in [0.2, 0.25) is 5.91 Å². The molecule has 1 N–H and O–H groups in total. The predicted molar refractivity (Wildman–Crippen MR) is 112 cm³/mol. The Hall–Kier alpha value is -2.59. The second-order valence-corrected chi connectivity index (χ2v) is 8.69. The highest BCUT2D eigenvalue weighted by atomic mass is 16.6. The minimum absolute atomic E-state index is 0.131. The van der Waals surface area contributed by atoms with Crippen molar-refractivity contribution in [1.82, 2.24) is 9.80 Å². The molecule has 1 aliphatic rings. The van der Waals surface area contributed by atoms with Crippen LogP contribution in [-0.2, 0) is 9.53 Å². The molecule has 2 rings (SSSR count). The van der Waals surface area contributed by atoms with Gasteiger partial charge in [-0.15, -0.1) is 0 Å². The van der Waals surface area contributed by atoms with Crippen LogP contribution in [0.25, 0.3) is 0 Å². The number of hydrogen-bond acceptors (Lipinski definition) is 5. The van der Waals surface area contributed by atoms with E-state index in [0.29, 0.717) is 17.8 Å². The molecule has 1 aliphatic heterocycles. The molecule has 0 aromatic heterocycles. The number of nitriles is 1. The molecule has 29 heavy (non-hydrogen) atoms. The Morgan fingerprint density at radius 3 is 2.72 bits per heavy atom. The van der Waals surface area contributed by atoms with E-state index < -0.39 is 5.60 Å². The number of para-hydroxylation sites is 1. The van der Waals surface area contributed by atoms with E-state index in [9.17, 15) is 14.9 Å². The molecule has 0 bridgehead atoms. The molecular weight excluding hydrogens is 368 g/mol. The van der Waals surface area contributed by atoms with Gasteiger partial charge in [-0.2, -0.15) is 5.26 Å². The van der Waals surface area contributed by atoms with Crippen LogP contribution < -0.4 is 5.32 Å². The molecule has 0 saturated carbocycles. The highest BCUT2D eigenvalue weighted by molar-refractivity contribution is 5.95. The summed E-state index contributed by atoms with van der Waals surface area (Å²) in [6.45, 7) is 9.60. The van der Waals surface area contributed by atoms with Crippen molar-refractivity contribution in [2.75, 3.05) is 32.0 Å². The van der Waals surface area contributed by atoms with Crippen LogP contribution in [0.4, 0.5) is 10.5 Å². The number of ether oxygens (including phenoxy) is 1. The van der Waals surface area contributed by atoms with Gasteiger partial charge in [0.1, 0.15) is 11.7 Å². The summed E-state index contributed by atoms with van der Waals surface area (Å²) in [4.78, 5) is 28.7. The summed E-state index contributed by atoms with van der Waals surface area (Å²) in [5.41, 5.74) is 0.463. The first kappa shape index (κ1) is 22.7. The zero-order valence-electron chi connectivity index (χ0n) is 18.1. The van der Waals surface area contributed by atoms with Crippen LogP contribution in [0.1, 0.15) is 46.1 Å². The first-order chi connectivity index (χ1) is 13.6. The molecule has 1 heterocycles.